The van der Waals surface area contributed by atoms with Crippen LogP contribution in [0.5, 0.6) is 0 Å². The van der Waals surface area contributed by atoms with Gasteiger partial charge in [-0.2, -0.15) is 4.31 Å². The molecule has 0 spiro atoms. The third kappa shape index (κ3) is 4.03. The summed E-state index contributed by atoms with van der Waals surface area (Å²) < 4.78 is 30.0. The maximum absolute atomic E-state index is 13.1. The van der Waals surface area contributed by atoms with Crippen LogP contribution in [0.4, 0.5) is 0 Å². The summed E-state index contributed by atoms with van der Waals surface area (Å²) in [4.78, 5) is 19.5. The molecular formula is C23H30N4O3S. The summed E-state index contributed by atoms with van der Waals surface area (Å²) in [7, 11) is -3.49. The van der Waals surface area contributed by atoms with Gasteiger partial charge in [0.2, 0.25) is 15.9 Å². The summed E-state index contributed by atoms with van der Waals surface area (Å²) in [6, 6.07) is 5.99. The molecule has 0 radical (unpaired) electrons. The molecule has 8 heteroatoms. The highest BCUT2D eigenvalue weighted by Gasteiger charge is 2.35. The quantitative estimate of drug-likeness (QED) is 0.730. The molecule has 1 aromatic heterocycles. The van der Waals surface area contributed by atoms with E-state index < -0.39 is 10.0 Å². The Morgan fingerprint density at radius 1 is 0.968 bits per heavy atom. The van der Waals surface area contributed by atoms with E-state index in [0.717, 1.165) is 45.2 Å². The molecular weight excluding hydrogens is 412 g/mol. The van der Waals surface area contributed by atoms with Crippen molar-refractivity contribution in [2.75, 3.05) is 26.2 Å². The molecule has 5 rings (SSSR count). The van der Waals surface area contributed by atoms with Crippen molar-refractivity contribution in [3.05, 3.63) is 48.0 Å². The number of likely N-dealkylation sites (tertiary alicyclic amines) is 1. The molecule has 2 aromatic rings. The molecule has 0 unspecified atom stereocenters. The molecule has 2 aliphatic heterocycles. The number of aromatic nitrogens is 2. The third-order valence-electron chi connectivity index (χ3n) is 7.23. The summed E-state index contributed by atoms with van der Waals surface area (Å²) in [5.41, 5.74) is 2.45. The number of rotatable bonds is 4. The van der Waals surface area contributed by atoms with Gasteiger partial charge in [-0.3, -0.25) is 4.79 Å². The van der Waals surface area contributed by atoms with E-state index in [9.17, 15) is 13.2 Å². The molecule has 7 nitrogen and oxygen atoms in total. The molecule has 31 heavy (non-hydrogen) atoms. The Labute approximate surface area is 184 Å². The minimum absolute atomic E-state index is 0.0729. The van der Waals surface area contributed by atoms with Crippen LogP contribution in [0.15, 0.2) is 41.8 Å². The van der Waals surface area contributed by atoms with Crippen LogP contribution in [-0.2, 0) is 27.7 Å². The molecule has 1 aliphatic carbocycles. The van der Waals surface area contributed by atoms with Gasteiger partial charge in [0.05, 0.1) is 11.2 Å². The van der Waals surface area contributed by atoms with Gasteiger partial charge < -0.3 is 9.47 Å². The second-order valence-corrected chi connectivity index (χ2v) is 11.0. The Morgan fingerprint density at radius 2 is 1.71 bits per heavy atom. The smallest absolute Gasteiger partial charge is 0.243 e. The standard InChI is InChI=1S/C23H30N4O3S/c28-23(25-11-8-21(9-12-25)26-15-10-24-17-26)19-6-13-27(14-7-19)31(29,30)22-5-4-18-2-1-3-20(18)16-22/h4-5,10,15-17,19,21H,1-3,6-9,11-14H2. The zero-order valence-electron chi connectivity index (χ0n) is 17.8. The fourth-order valence-electron chi connectivity index (χ4n) is 5.33. The van der Waals surface area contributed by atoms with E-state index in [-0.39, 0.29) is 11.8 Å². The van der Waals surface area contributed by atoms with Crippen molar-refractivity contribution in [2.45, 2.75) is 55.9 Å². The Kier molecular flexibility index (Phi) is 5.60. The van der Waals surface area contributed by atoms with Gasteiger partial charge in [0, 0.05) is 50.5 Å². The minimum atomic E-state index is -3.49. The van der Waals surface area contributed by atoms with Gasteiger partial charge in [-0.1, -0.05) is 6.07 Å². The lowest BCUT2D eigenvalue weighted by Crippen LogP contribution is -2.46. The van der Waals surface area contributed by atoms with Crippen LogP contribution in [-0.4, -0.2) is 59.3 Å². The molecule has 0 atom stereocenters. The Hall–Kier alpha value is -2.19. The fourth-order valence-corrected chi connectivity index (χ4v) is 6.85. The van der Waals surface area contributed by atoms with Crippen molar-refractivity contribution in [1.29, 1.82) is 0 Å². The van der Waals surface area contributed by atoms with E-state index in [2.05, 4.69) is 9.55 Å². The topological polar surface area (TPSA) is 75.5 Å². The highest BCUT2D eigenvalue weighted by Crippen LogP contribution is 2.30. The highest BCUT2D eigenvalue weighted by atomic mass is 32.2. The predicted molar refractivity (Wildman–Crippen MR) is 117 cm³/mol. The van der Waals surface area contributed by atoms with Crippen molar-refractivity contribution in [3.8, 4) is 0 Å². The molecule has 1 amide bonds. The number of hydrogen-bond acceptors (Lipinski definition) is 4. The Balaban J connectivity index is 1.17. The fraction of sp³-hybridized carbons (Fsp3) is 0.565. The lowest BCUT2D eigenvalue weighted by molar-refractivity contribution is -0.138. The lowest BCUT2D eigenvalue weighted by Gasteiger charge is -2.37. The first-order valence-electron chi connectivity index (χ1n) is 11.4. The van der Waals surface area contributed by atoms with Crippen molar-refractivity contribution in [1.82, 2.24) is 18.8 Å². The average molecular weight is 443 g/mol. The number of imidazole rings is 1. The molecule has 3 aliphatic rings. The normalized spacial score (nSPS) is 21.4. The van der Waals surface area contributed by atoms with Crippen molar-refractivity contribution in [2.24, 2.45) is 5.92 Å². The maximum atomic E-state index is 13.1. The third-order valence-corrected chi connectivity index (χ3v) is 9.13. The van der Waals surface area contributed by atoms with Gasteiger partial charge in [-0.25, -0.2) is 13.4 Å². The van der Waals surface area contributed by atoms with Crippen molar-refractivity contribution in [3.63, 3.8) is 0 Å². The summed E-state index contributed by atoms with van der Waals surface area (Å²) >= 11 is 0. The zero-order valence-corrected chi connectivity index (χ0v) is 18.6. The van der Waals surface area contributed by atoms with E-state index in [1.807, 2.05) is 29.6 Å². The summed E-state index contributed by atoms with van der Waals surface area (Å²) in [6.07, 6.45) is 11.8. The van der Waals surface area contributed by atoms with Gasteiger partial charge in [0.1, 0.15) is 0 Å². The van der Waals surface area contributed by atoms with Gasteiger partial charge >= 0.3 is 0 Å². The molecule has 0 saturated carbocycles. The van der Waals surface area contributed by atoms with Gasteiger partial charge in [-0.05, 0) is 68.2 Å². The number of benzene rings is 1. The largest absolute Gasteiger partial charge is 0.342 e. The maximum Gasteiger partial charge on any atom is 0.243 e. The van der Waals surface area contributed by atoms with Crippen LogP contribution in [0.25, 0.3) is 0 Å². The number of carbonyl (C=O) groups excluding carboxylic acids is 1. The number of sulfonamides is 1. The molecule has 1 aromatic carbocycles. The summed E-state index contributed by atoms with van der Waals surface area (Å²) in [5, 5.41) is 0. The van der Waals surface area contributed by atoms with Crippen LogP contribution in [0.2, 0.25) is 0 Å². The highest BCUT2D eigenvalue weighted by molar-refractivity contribution is 7.89. The number of piperidine rings is 2. The molecule has 2 fully saturated rings. The molecule has 0 bridgehead atoms. The van der Waals surface area contributed by atoms with Crippen LogP contribution < -0.4 is 0 Å². The second kappa shape index (κ2) is 8.39. The van der Waals surface area contributed by atoms with E-state index in [1.165, 1.54) is 11.1 Å². The number of carbonyl (C=O) groups is 1. The minimum Gasteiger partial charge on any atom is -0.342 e. The summed E-state index contributed by atoms with van der Waals surface area (Å²) in [6.45, 7) is 2.35. The number of nitrogens with zero attached hydrogens (tertiary/aromatic N) is 4. The molecule has 3 heterocycles. The predicted octanol–water partition coefficient (Wildman–Crippen LogP) is 2.64. The number of fused-ring (bicyclic) bond motifs is 1. The SMILES string of the molecule is O=C(C1CCN(S(=O)(=O)c2ccc3c(c2)CCC3)CC1)N1CCC(n2ccnc2)CC1. The van der Waals surface area contributed by atoms with Crippen LogP contribution in [0.3, 0.4) is 0 Å². The van der Waals surface area contributed by atoms with Gasteiger partial charge in [0.15, 0.2) is 0 Å². The average Bonchev–Trinajstić information content (AvgIpc) is 3.50. The first-order chi connectivity index (χ1) is 15.0. The number of hydrogen-bond donors (Lipinski definition) is 0. The van der Waals surface area contributed by atoms with E-state index in [4.69, 9.17) is 0 Å². The van der Waals surface area contributed by atoms with Crippen LogP contribution >= 0.6 is 0 Å². The van der Waals surface area contributed by atoms with Crippen LogP contribution in [0, 0.1) is 5.92 Å². The van der Waals surface area contributed by atoms with E-state index in [0.29, 0.717) is 36.9 Å². The second-order valence-electron chi connectivity index (χ2n) is 9.03. The molecule has 166 valence electrons. The Morgan fingerprint density at radius 3 is 2.42 bits per heavy atom. The molecule has 2 saturated heterocycles. The Bertz CT molecular complexity index is 1030. The van der Waals surface area contributed by atoms with Crippen molar-refractivity contribution < 1.29 is 13.2 Å². The lowest BCUT2D eigenvalue weighted by atomic mass is 9.95. The zero-order chi connectivity index (χ0) is 21.4. The summed E-state index contributed by atoms with van der Waals surface area (Å²) in [5.74, 6) is 0.120. The first kappa shape index (κ1) is 20.7. The van der Waals surface area contributed by atoms with Crippen molar-refractivity contribution >= 4 is 15.9 Å². The molecule has 0 N–H and O–H groups in total. The number of aryl methyl sites for hydroxylation is 2. The van der Waals surface area contributed by atoms with E-state index >= 15 is 0 Å². The van der Waals surface area contributed by atoms with E-state index in [1.54, 1.807) is 16.6 Å². The van der Waals surface area contributed by atoms with Crippen LogP contribution in [0.1, 0.15) is 49.3 Å². The van der Waals surface area contributed by atoms with Gasteiger partial charge in [0.25, 0.3) is 0 Å². The first-order valence-corrected chi connectivity index (χ1v) is 12.8. The number of amides is 1. The van der Waals surface area contributed by atoms with Gasteiger partial charge in [-0.15, -0.1) is 0 Å². The monoisotopic (exact) mass is 442 g/mol.